The highest BCUT2D eigenvalue weighted by Crippen LogP contribution is 2.28. The molecule has 202 valence electrons. The molecule has 0 heterocycles. The van der Waals surface area contributed by atoms with Gasteiger partial charge in [-0.05, 0) is 47.9 Å². The summed E-state index contributed by atoms with van der Waals surface area (Å²) in [5, 5.41) is 3.68. The first kappa shape index (κ1) is 29.8. The first-order valence-electron chi connectivity index (χ1n) is 11.6. The molecule has 11 heteroatoms. The van der Waals surface area contributed by atoms with Crippen molar-refractivity contribution in [3.63, 3.8) is 0 Å². The summed E-state index contributed by atoms with van der Waals surface area (Å²) in [4.78, 5) is 28.4. The normalized spacial score (nSPS) is 12.1. The molecule has 0 fully saturated rings. The summed E-state index contributed by atoms with van der Waals surface area (Å²) in [6.45, 7) is 1.13. The fourth-order valence-corrected chi connectivity index (χ4v) is 5.53. The quantitative estimate of drug-likeness (QED) is 0.353. The molecule has 0 saturated heterocycles. The average Bonchev–Trinajstić information content (AvgIpc) is 2.86. The maximum absolute atomic E-state index is 13.9. The Bertz CT molecular complexity index is 1420. The van der Waals surface area contributed by atoms with Crippen LogP contribution in [0.5, 0.6) is 0 Å². The van der Waals surface area contributed by atoms with Gasteiger partial charge in [-0.25, -0.2) is 8.42 Å². The van der Waals surface area contributed by atoms with Gasteiger partial charge in [0.25, 0.3) is 0 Å². The number of aryl methyl sites for hydroxylation is 1. The number of nitrogens with one attached hydrogen (secondary N) is 1. The van der Waals surface area contributed by atoms with Gasteiger partial charge in [0.15, 0.2) is 0 Å². The van der Waals surface area contributed by atoms with Crippen molar-refractivity contribution in [3.8, 4) is 0 Å². The van der Waals surface area contributed by atoms with Crippen LogP contribution in [-0.2, 0) is 32.6 Å². The van der Waals surface area contributed by atoms with Crippen molar-refractivity contribution in [2.75, 3.05) is 24.2 Å². The number of hydrogen-bond acceptors (Lipinski definition) is 4. The molecule has 0 saturated carbocycles. The SMILES string of the molecule is CNC(=O)[C@H](Cc1ccccc1)N(Cc1ccc(Cl)cc1Cl)C(=O)CN(c1cc(Cl)ccc1C)S(C)(=O)=O. The van der Waals surface area contributed by atoms with Crippen LogP contribution >= 0.6 is 34.8 Å². The third kappa shape index (κ3) is 7.63. The van der Waals surface area contributed by atoms with E-state index in [4.69, 9.17) is 34.8 Å². The Morgan fingerprint density at radius 3 is 2.18 bits per heavy atom. The van der Waals surface area contributed by atoms with Gasteiger partial charge in [-0.3, -0.25) is 13.9 Å². The molecule has 0 aliphatic heterocycles. The number of amides is 2. The van der Waals surface area contributed by atoms with Crippen LogP contribution in [0.25, 0.3) is 0 Å². The Kier molecular flexibility index (Phi) is 10.1. The van der Waals surface area contributed by atoms with Crippen molar-refractivity contribution in [1.82, 2.24) is 10.2 Å². The largest absolute Gasteiger partial charge is 0.357 e. The van der Waals surface area contributed by atoms with Gasteiger partial charge < -0.3 is 10.2 Å². The number of likely N-dealkylation sites (N-methyl/N-ethyl adjacent to an activating group) is 1. The van der Waals surface area contributed by atoms with Crippen LogP contribution in [0.3, 0.4) is 0 Å². The third-order valence-electron chi connectivity index (χ3n) is 5.99. The zero-order valence-corrected chi connectivity index (χ0v) is 24.2. The lowest BCUT2D eigenvalue weighted by Crippen LogP contribution is -2.53. The van der Waals surface area contributed by atoms with E-state index in [2.05, 4.69) is 5.32 Å². The topological polar surface area (TPSA) is 86.8 Å². The molecule has 0 bridgehead atoms. The Morgan fingerprint density at radius 2 is 1.58 bits per heavy atom. The highest BCUT2D eigenvalue weighted by atomic mass is 35.5. The van der Waals surface area contributed by atoms with Gasteiger partial charge in [0.1, 0.15) is 12.6 Å². The second-order valence-electron chi connectivity index (χ2n) is 8.78. The van der Waals surface area contributed by atoms with E-state index in [1.165, 1.54) is 18.0 Å². The van der Waals surface area contributed by atoms with Gasteiger partial charge in [-0.15, -0.1) is 0 Å². The number of carbonyl (C=O) groups excluding carboxylic acids is 2. The first-order valence-corrected chi connectivity index (χ1v) is 14.6. The highest BCUT2D eigenvalue weighted by Gasteiger charge is 2.33. The predicted octanol–water partition coefficient (Wildman–Crippen LogP) is 5.11. The minimum atomic E-state index is -3.90. The summed E-state index contributed by atoms with van der Waals surface area (Å²) >= 11 is 18.6. The number of anilines is 1. The standard InChI is InChI=1S/C27H28Cl3N3O4S/c1-18-9-11-22(29)15-24(18)33(38(3,36)37)17-26(34)32(16-20-10-12-21(28)14-23(20)30)25(27(35)31-2)13-19-7-5-4-6-8-19/h4-12,14-15,25H,13,16-17H2,1-3H3,(H,31,35)/t25-/m0/s1. The third-order valence-corrected chi connectivity index (χ3v) is 7.94. The lowest BCUT2D eigenvalue weighted by Gasteiger charge is -2.33. The molecule has 3 rings (SSSR count). The van der Waals surface area contributed by atoms with Crippen LogP contribution in [0, 0.1) is 6.92 Å². The number of carbonyl (C=O) groups is 2. The van der Waals surface area contributed by atoms with E-state index in [1.54, 1.807) is 37.3 Å². The Morgan fingerprint density at radius 1 is 0.947 bits per heavy atom. The minimum Gasteiger partial charge on any atom is -0.357 e. The molecule has 0 aliphatic rings. The summed E-state index contributed by atoms with van der Waals surface area (Å²) in [5.41, 5.74) is 2.27. The molecular weight excluding hydrogens is 569 g/mol. The second kappa shape index (κ2) is 12.8. The predicted molar refractivity (Wildman–Crippen MR) is 153 cm³/mol. The molecule has 0 aliphatic carbocycles. The molecule has 0 aromatic heterocycles. The number of benzene rings is 3. The van der Waals surface area contributed by atoms with Gasteiger partial charge in [-0.2, -0.15) is 0 Å². The van der Waals surface area contributed by atoms with Crippen LogP contribution in [-0.4, -0.2) is 51.0 Å². The van der Waals surface area contributed by atoms with E-state index in [1.807, 2.05) is 30.3 Å². The van der Waals surface area contributed by atoms with Crippen LogP contribution < -0.4 is 9.62 Å². The van der Waals surface area contributed by atoms with Crippen molar-refractivity contribution >= 4 is 62.3 Å². The Balaban J connectivity index is 2.08. The van der Waals surface area contributed by atoms with Gasteiger partial charge in [-0.1, -0.05) is 77.3 Å². The van der Waals surface area contributed by atoms with E-state index in [0.717, 1.165) is 16.1 Å². The molecule has 1 atom stereocenters. The number of nitrogens with zero attached hydrogens (tertiary/aromatic N) is 2. The van der Waals surface area contributed by atoms with Gasteiger partial charge >= 0.3 is 0 Å². The molecule has 0 spiro atoms. The monoisotopic (exact) mass is 595 g/mol. The van der Waals surface area contributed by atoms with Crippen LogP contribution in [0.2, 0.25) is 15.1 Å². The molecule has 0 unspecified atom stereocenters. The average molecular weight is 597 g/mol. The van der Waals surface area contributed by atoms with E-state index in [0.29, 0.717) is 26.2 Å². The molecule has 38 heavy (non-hydrogen) atoms. The number of sulfonamides is 1. The fourth-order valence-electron chi connectivity index (χ4n) is 4.00. The van der Waals surface area contributed by atoms with Gasteiger partial charge in [0, 0.05) is 35.1 Å². The summed E-state index contributed by atoms with van der Waals surface area (Å²) in [6.07, 6.45) is 1.22. The number of hydrogen-bond donors (Lipinski definition) is 1. The summed E-state index contributed by atoms with van der Waals surface area (Å²) < 4.78 is 26.7. The molecule has 3 aromatic rings. The highest BCUT2D eigenvalue weighted by molar-refractivity contribution is 7.92. The second-order valence-corrected chi connectivity index (χ2v) is 12.0. The molecule has 3 aromatic carbocycles. The maximum Gasteiger partial charge on any atom is 0.244 e. The van der Waals surface area contributed by atoms with E-state index >= 15 is 0 Å². The lowest BCUT2D eigenvalue weighted by molar-refractivity contribution is -0.139. The van der Waals surface area contributed by atoms with Crippen LogP contribution in [0.15, 0.2) is 66.7 Å². The van der Waals surface area contributed by atoms with Gasteiger partial charge in [0.05, 0.1) is 11.9 Å². The molecule has 2 amide bonds. The number of halogens is 3. The van der Waals surface area contributed by atoms with Crippen molar-refractivity contribution < 1.29 is 18.0 Å². The molecule has 1 N–H and O–H groups in total. The Labute approximate surface area is 238 Å². The first-order chi connectivity index (χ1) is 17.9. The van der Waals surface area contributed by atoms with Crippen molar-refractivity contribution in [2.45, 2.75) is 25.9 Å². The zero-order valence-electron chi connectivity index (χ0n) is 21.1. The van der Waals surface area contributed by atoms with E-state index < -0.39 is 34.4 Å². The minimum absolute atomic E-state index is 0.0497. The van der Waals surface area contributed by atoms with Crippen molar-refractivity contribution in [2.24, 2.45) is 0 Å². The molecular formula is C27H28Cl3N3O4S. The van der Waals surface area contributed by atoms with Crippen LogP contribution in [0.4, 0.5) is 5.69 Å². The number of rotatable bonds is 10. The molecule has 7 nitrogen and oxygen atoms in total. The Hall–Kier alpha value is -2.78. The van der Waals surface area contributed by atoms with Crippen LogP contribution in [0.1, 0.15) is 16.7 Å². The lowest BCUT2D eigenvalue weighted by atomic mass is 10.0. The van der Waals surface area contributed by atoms with Gasteiger partial charge in [0.2, 0.25) is 21.8 Å². The summed E-state index contributed by atoms with van der Waals surface area (Å²) in [7, 11) is -2.42. The van der Waals surface area contributed by atoms with E-state index in [9.17, 15) is 18.0 Å². The summed E-state index contributed by atoms with van der Waals surface area (Å²) in [5.74, 6) is -0.998. The van der Waals surface area contributed by atoms with Crippen molar-refractivity contribution in [3.05, 3.63) is 98.5 Å². The smallest absolute Gasteiger partial charge is 0.244 e. The molecule has 0 radical (unpaired) electrons. The zero-order chi connectivity index (χ0) is 28.0. The fraction of sp³-hybridized carbons (Fsp3) is 0.259. The van der Waals surface area contributed by atoms with E-state index in [-0.39, 0.29) is 18.7 Å². The maximum atomic E-state index is 13.9. The summed E-state index contributed by atoms with van der Waals surface area (Å²) in [6, 6.07) is 17.9. The van der Waals surface area contributed by atoms with Crippen molar-refractivity contribution in [1.29, 1.82) is 0 Å².